The van der Waals surface area contributed by atoms with E-state index in [2.05, 4.69) is 16.0 Å². The molecule has 4 N–H and O–H groups in total. The van der Waals surface area contributed by atoms with Crippen LogP contribution >= 0.6 is 0 Å². The molecule has 0 saturated heterocycles. The van der Waals surface area contributed by atoms with Gasteiger partial charge in [0.2, 0.25) is 0 Å². The van der Waals surface area contributed by atoms with E-state index in [4.69, 9.17) is 9.47 Å². The van der Waals surface area contributed by atoms with Crippen molar-refractivity contribution >= 4 is 45.8 Å². The Labute approximate surface area is 304 Å². The molecule has 4 aromatic carbocycles. The molecular weight excluding hydrogens is 665 g/mol. The van der Waals surface area contributed by atoms with Crippen LogP contribution in [0.15, 0.2) is 84.9 Å². The number of anilines is 3. The average molecular weight is 714 g/mol. The predicted octanol–water partition coefficient (Wildman–Crippen LogP) is 7.58. The molecule has 0 aromatic heterocycles. The zero-order chi connectivity index (χ0) is 37.2. The van der Waals surface area contributed by atoms with Crippen molar-refractivity contribution in [3.05, 3.63) is 96.3 Å². The van der Waals surface area contributed by atoms with Crippen LogP contribution in [0.25, 0.3) is 10.8 Å². The SMILES string of the molecule is C[C@@H]1CCCCO[C@H](CN(C)C(=O)Nc2ccc(F)cc2)[C@H](C)CN([C@@H](C)CO)C(=O)c2cc(NC(=O)Nc3cccc4ccccc34)ccc2O1. The first-order valence-electron chi connectivity index (χ1n) is 17.7. The van der Waals surface area contributed by atoms with Gasteiger partial charge in [-0.2, -0.15) is 0 Å². The van der Waals surface area contributed by atoms with Crippen LogP contribution < -0.4 is 20.7 Å². The van der Waals surface area contributed by atoms with Gasteiger partial charge in [-0.05, 0) is 87.0 Å². The van der Waals surface area contributed by atoms with E-state index in [-0.39, 0.29) is 49.2 Å². The molecule has 5 rings (SSSR count). The molecule has 0 fully saturated rings. The van der Waals surface area contributed by atoms with Gasteiger partial charge in [-0.25, -0.2) is 14.0 Å². The summed E-state index contributed by atoms with van der Waals surface area (Å²) in [4.78, 5) is 43.8. The number of hydrogen-bond donors (Lipinski definition) is 4. The number of carbonyl (C=O) groups is 3. The maximum Gasteiger partial charge on any atom is 0.323 e. The second kappa shape index (κ2) is 17.8. The van der Waals surface area contributed by atoms with Crippen LogP contribution in [0.1, 0.15) is 50.4 Å². The molecule has 0 radical (unpaired) electrons. The fourth-order valence-corrected chi connectivity index (χ4v) is 6.19. The van der Waals surface area contributed by atoms with Crippen molar-refractivity contribution in [1.82, 2.24) is 9.80 Å². The van der Waals surface area contributed by atoms with Crippen molar-refractivity contribution in [1.29, 1.82) is 0 Å². The summed E-state index contributed by atoms with van der Waals surface area (Å²) in [6.07, 6.45) is 1.62. The molecule has 1 aliphatic rings. The van der Waals surface area contributed by atoms with E-state index >= 15 is 0 Å². The number of rotatable bonds is 7. The van der Waals surface area contributed by atoms with Gasteiger partial charge in [0.05, 0.1) is 36.1 Å². The van der Waals surface area contributed by atoms with Crippen LogP contribution in [0.2, 0.25) is 0 Å². The molecule has 276 valence electrons. The lowest BCUT2D eigenvalue weighted by Gasteiger charge is -2.35. The van der Waals surface area contributed by atoms with E-state index in [0.717, 1.165) is 23.6 Å². The summed E-state index contributed by atoms with van der Waals surface area (Å²) in [6, 6.07) is 22.5. The molecule has 0 bridgehead atoms. The van der Waals surface area contributed by atoms with Gasteiger partial charge in [-0.15, -0.1) is 0 Å². The zero-order valence-corrected chi connectivity index (χ0v) is 30.1. The van der Waals surface area contributed by atoms with Gasteiger partial charge in [-0.1, -0.05) is 43.3 Å². The number of amides is 5. The third kappa shape index (κ3) is 9.98. The number of urea groups is 2. The highest BCUT2D eigenvalue weighted by Crippen LogP contribution is 2.29. The quantitative estimate of drug-likeness (QED) is 0.156. The molecule has 0 aliphatic carbocycles. The molecule has 5 amide bonds. The monoisotopic (exact) mass is 713 g/mol. The summed E-state index contributed by atoms with van der Waals surface area (Å²) >= 11 is 0. The smallest absolute Gasteiger partial charge is 0.323 e. The van der Waals surface area contributed by atoms with Gasteiger partial charge in [0.15, 0.2) is 0 Å². The van der Waals surface area contributed by atoms with Crippen LogP contribution in [0, 0.1) is 11.7 Å². The van der Waals surface area contributed by atoms with E-state index in [9.17, 15) is 23.9 Å². The van der Waals surface area contributed by atoms with E-state index < -0.39 is 24.0 Å². The fourth-order valence-electron chi connectivity index (χ4n) is 6.19. The summed E-state index contributed by atoms with van der Waals surface area (Å²) in [7, 11) is 1.65. The molecule has 1 aliphatic heterocycles. The molecule has 0 saturated carbocycles. The fraction of sp³-hybridized carbons (Fsp3) is 0.375. The summed E-state index contributed by atoms with van der Waals surface area (Å²) < 4.78 is 26.1. The zero-order valence-electron chi connectivity index (χ0n) is 30.1. The Morgan fingerprint density at radius 3 is 2.46 bits per heavy atom. The molecule has 52 heavy (non-hydrogen) atoms. The summed E-state index contributed by atoms with van der Waals surface area (Å²) in [5, 5.41) is 20.7. The number of ether oxygens (including phenoxy) is 2. The Bertz CT molecular complexity index is 1830. The number of nitrogens with zero attached hydrogens (tertiary/aromatic N) is 2. The van der Waals surface area contributed by atoms with Crippen molar-refractivity contribution in [2.45, 2.75) is 58.3 Å². The second-order valence-corrected chi connectivity index (χ2v) is 13.4. The number of aliphatic hydroxyl groups is 1. The topological polar surface area (TPSA) is 132 Å². The molecular formula is C40H48FN5O6. The van der Waals surface area contributed by atoms with Crippen LogP contribution in [0.3, 0.4) is 0 Å². The van der Waals surface area contributed by atoms with Gasteiger partial charge < -0.3 is 40.3 Å². The number of aliphatic hydroxyl groups excluding tert-OH is 1. The highest BCUT2D eigenvalue weighted by molar-refractivity contribution is 6.07. The third-order valence-electron chi connectivity index (χ3n) is 9.24. The van der Waals surface area contributed by atoms with Crippen molar-refractivity contribution in [3.63, 3.8) is 0 Å². The van der Waals surface area contributed by atoms with Gasteiger partial charge in [-0.3, -0.25) is 4.79 Å². The maximum atomic E-state index is 14.5. The first-order valence-corrected chi connectivity index (χ1v) is 17.7. The minimum atomic E-state index is -0.570. The number of fused-ring (bicyclic) bond motifs is 2. The number of hydrogen-bond acceptors (Lipinski definition) is 6. The predicted molar refractivity (Wildman–Crippen MR) is 202 cm³/mol. The largest absolute Gasteiger partial charge is 0.490 e. The van der Waals surface area contributed by atoms with E-state index in [1.165, 1.54) is 29.2 Å². The molecule has 4 aromatic rings. The highest BCUT2D eigenvalue weighted by Gasteiger charge is 2.31. The molecule has 11 nitrogen and oxygen atoms in total. The van der Waals surface area contributed by atoms with Gasteiger partial charge in [0, 0.05) is 49.4 Å². The second-order valence-electron chi connectivity index (χ2n) is 13.4. The Morgan fingerprint density at radius 1 is 0.962 bits per heavy atom. The van der Waals surface area contributed by atoms with Gasteiger partial charge in [0.1, 0.15) is 11.6 Å². The number of likely N-dealkylation sites (N-methyl/N-ethyl adjacent to an activating group) is 1. The first kappa shape index (κ1) is 38.0. The Balaban J connectivity index is 1.37. The average Bonchev–Trinajstić information content (AvgIpc) is 3.13. The van der Waals surface area contributed by atoms with Crippen molar-refractivity contribution < 1.29 is 33.4 Å². The number of carbonyl (C=O) groups excluding carboxylic acids is 3. The highest BCUT2D eigenvalue weighted by atomic mass is 19.1. The normalized spacial score (nSPS) is 19.1. The van der Waals surface area contributed by atoms with Crippen LogP contribution in [-0.4, -0.2) is 84.5 Å². The van der Waals surface area contributed by atoms with Crippen LogP contribution in [0.5, 0.6) is 5.75 Å². The lowest BCUT2D eigenvalue weighted by molar-refractivity contribution is -0.0115. The first-order chi connectivity index (χ1) is 25.0. The van der Waals surface area contributed by atoms with Gasteiger partial charge in [0.25, 0.3) is 5.91 Å². The maximum absolute atomic E-state index is 14.5. The van der Waals surface area contributed by atoms with Gasteiger partial charge >= 0.3 is 12.1 Å². The minimum Gasteiger partial charge on any atom is -0.490 e. The van der Waals surface area contributed by atoms with Crippen molar-refractivity contribution in [2.24, 2.45) is 5.92 Å². The van der Waals surface area contributed by atoms with Crippen LogP contribution in [-0.2, 0) is 4.74 Å². The van der Waals surface area contributed by atoms with E-state index in [0.29, 0.717) is 35.8 Å². The van der Waals surface area contributed by atoms with Crippen LogP contribution in [0.4, 0.5) is 31.0 Å². The summed E-state index contributed by atoms with van der Waals surface area (Å²) in [5.74, 6) is -0.671. The van der Waals surface area contributed by atoms with Crippen molar-refractivity contribution in [2.75, 3.05) is 49.3 Å². The lowest BCUT2D eigenvalue weighted by Crippen LogP contribution is -2.48. The van der Waals surface area contributed by atoms with E-state index in [1.54, 1.807) is 37.1 Å². The summed E-state index contributed by atoms with van der Waals surface area (Å²) in [6.45, 7) is 6.23. The Morgan fingerprint density at radius 2 is 1.69 bits per heavy atom. The summed E-state index contributed by atoms with van der Waals surface area (Å²) in [5.41, 5.74) is 1.74. The van der Waals surface area contributed by atoms with E-state index in [1.807, 2.05) is 56.3 Å². The van der Waals surface area contributed by atoms with Crippen molar-refractivity contribution in [3.8, 4) is 5.75 Å². The molecule has 0 spiro atoms. The number of nitrogens with one attached hydrogen (secondary N) is 3. The standard InChI is InChI=1S/C40H48FN5O6/c1-26-23-46(27(2)25-47)38(48)34-22-32(42-39(49)44-35-14-9-12-29-11-5-6-13-33(29)35)19-20-36(34)52-28(3)10-7-8-21-51-37(26)24-45(4)40(50)43-31-17-15-30(41)16-18-31/h5-6,9,11-20,22,26-28,37,47H,7-8,10,21,23-25H2,1-4H3,(H,43,50)(H2,42,44,49)/t26-,27+,28-,37-/m1/s1. The Kier molecular flexibility index (Phi) is 13.0. The minimum absolute atomic E-state index is 0.201. The Hall–Kier alpha value is -5.20. The number of benzene rings is 4. The molecule has 4 atom stereocenters. The third-order valence-corrected chi connectivity index (χ3v) is 9.24. The molecule has 1 heterocycles. The molecule has 12 heteroatoms. The number of halogens is 1. The lowest BCUT2D eigenvalue weighted by atomic mass is 10.0. The molecule has 0 unspecified atom stereocenters.